The third kappa shape index (κ3) is 2.74. The van der Waals surface area contributed by atoms with Crippen molar-refractivity contribution in [1.29, 1.82) is 0 Å². The summed E-state index contributed by atoms with van der Waals surface area (Å²) in [5, 5.41) is 0. The molecule has 1 N–H and O–H groups in total. The lowest BCUT2D eigenvalue weighted by atomic mass is 10.2. The second-order valence-electron chi connectivity index (χ2n) is 5.29. The number of aryl methyl sites for hydroxylation is 1. The maximum absolute atomic E-state index is 11.1. The van der Waals surface area contributed by atoms with E-state index in [1.165, 1.54) is 0 Å². The Labute approximate surface area is 123 Å². The standard InChI is InChI=1S/C15H19N5O/c1-11-12(2)17-10-18-15(11)20-7-5-19(6-8-20)13-3-4-14(21)16-9-13/h3-4,9-10H,5-8H2,1-2H3,(H,16,21). The fourth-order valence-electron chi connectivity index (χ4n) is 2.62. The van der Waals surface area contributed by atoms with Crippen LogP contribution in [0.15, 0.2) is 29.5 Å². The summed E-state index contributed by atoms with van der Waals surface area (Å²) in [5.74, 6) is 1.03. The first-order valence-corrected chi connectivity index (χ1v) is 7.12. The van der Waals surface area contributed by atoms with Gasteiger partial charge < -0.3 is 14.8 Å². The highest BCUT2D eigenvalue weighted by Crippen LogP contribution is 2.21. The summed E-state index contributed by atoms with van der Waals surface area (Å²) in [6, 6.07) is 3.44. The Morgan fingerprint density at radius 2 is 1.76 bits per heavy atom. The summed E-state index contributed by atoms with van der Waals surface area (Å²) < 4.78 is 0. The van der Waals surface area contributed by atoms with Crippen LogP contribution in [-0.4, -0.2) is 41.1 Å². The van der Waals surface area contributed by atoms with Crippen LogP contribution in [0.4, 0.5) is 11.5 Å². The predicted molar refractivity (Wildman–Crippen MR) is 83.0 cm³/mol. The normalized spacial score (nSPS) is 15.3. The fraction of sp³-hybridized carbons (Fsp3) is 0.400. The summed E-state index contributed by atoms with van der Waals surface area (Å²) in [7, 11) is 0. The molecule has 1 saturated heterocycles. The van der Waals surface area contributed by atoms with Crippen molar-refractivity contribution in [3.8, 4) is 0 Å². The average Bonchev–Trinajstić information content (AvgIpc) is 2.51. The quantitative estimate of drug-likeness (QED) is 0.895. The van der Waals surface area contributed by atoms with Crippen molar-refractivity contribution in [2.24, 2.45) is 0 Å². The highest BCUT2D eigenvalue weighted by Gasteiger charge is 2.20. The number of H-pyrrole nitrogens is 1. The first kappa shape index (κ1) is 13.6. The van der Waals surface area contributed by atoms with Crippen LogP contribution in [0.1, 0.15) is 11.3 Å². The first-order valence-electron chi connectivity index (χ1n) is 7.12. The van der Waals surface area contributed by atoms with Gasteiger partial charge in [0.25, 0.3) is 0 Å². The highest BCUT2D eigenvalue weighted by atomic mass is 16.1. The molecule has 0 bridgehead atoms. The number of aromatic amines is 1. The fourth-order valence-corrected chi connectivity index (χ4v) is 2.62. The molecular weight excluding hydrogens is 266 g/mol. The molecule has 0 radical (unpaired) electrons. The number of aromatic nitrogens is 3. The van der Waals surface area contributed by atoms with E-state index in [4.69, 9.17) is 0 Å². The van der Waals surface area contributed by atoms with E-state index in [0.29, 0.717) is 0 Å². The molecule has 0 aliphatic carbocycles. The van der Waals surface area contributed by atoms with Gasteiger partial charge in [0.2, 0.25) is 5.56 Å². The Balaban J connectivity index is 1.71. The third-order valence-corrected chi connectivity index (χ3v) is 4.02. The molecule has 2 aromatic rings. The number of hydrogen-bond acceptors (Lipinski definition) is 5. The lowest BCUT2D eigenvalue weighted by Crippen LogP contribution is -2.47. The average molecular weight is 285 g/mol. The SMILES string of the molecule is Cc1ncnc(N2CCN(c3ccc(=O)[nH]c3)CC2)c1C. The van der Waals surface area contributed by atoms with Crippen LogP contribution >= 0.6 is 0 Å². The number of hydrogen-bond donors (Lipinski definition) is 1. The topological polar surface area (TPSA) is 65.1 Å². The first-order chi connectivity index (χ1) is 10.1. The Kier molecular flexibility index (Phi) is 3.60. The van der Waals surface area contributed by atoms with E-state index in [9.17, 15) is 4.79 Å². The van der Waals surface area contributed by atoms with Crippen molar-refractivity contribution in [3.05, 3.63) is 46.3 Å². The van der Waals surface area contributed by atoms with Crippen LogP contribution in [0.2, 0.25) is 0 Å². The summed E-state index contributed by atoms with van der Waals surface area (Å²) >= 11 is 0. The number of rotatable bonds is 2. The van der Waals surface area contributed by atoms with Crippen LogP contribution in [0.5, 0.6) is 0 Å². The number of pyridine rings is 1. The van der Waals surface area contributed by atoms with Crippen molar-refractivity contribution in [3.63, 3.8) is 0 Å². The second kappa shape index (κ2) is 5.55. The Hall–Kier alpha value is -2.37. The summed E-state index contributed by atoms with van der Waals surface area (Å²) in [6.07, 6.45) is 3.41. The molecule has 0 unspecified atom stereocenters. The lowest BCUT2D eigenvalue weighted by Gasteiger charge is -2.37. The van der Waals surface area contributed by atoms with Crippen molar-refractivity contribution >= 4 is 11.5 Å². The van der Waals surface area contributed by atoms with Crippen molar-refractivity contribution < 1.29 is 0 Å². The van der Waals surface area contributed by atoms with E-state index in [1.54, 1.807) is 18.6 Å². The molecule has 2 aromatic heterocycles. The molecule has 21 heavy (non-hydrogen) atoms. The molecule has 0 spiro atoms. The smallest absolute Gasteiger partial charge is 0.248 e. The number of nitrogens with zero attached hydrogens (tertiary/aromatic N) is 4. The van der Waals surface area contributed by atoms with Crippen LogP contribution in [0, 0.1) is 13.8 Å². The van der Waals surface area contributed by atoms with Gasteiger partial charge in [-0.3, -0.25) is 4.79 Å². The molecule has 6 nitrogen and oxygen atoms in total. The zero-order valence-electron chi connectivity index (χ0n) is 12.3. The van der Waals surface area contributed by atoms with Gasteiger partial charge in [-0.1, -0.05) is 0 Å². The van der Waals surface area contributed by atoms with Gasteiger partial charge in [-0.25, -0.2) is 9.97 Å². The molecule has 0 atom stereocenters. The molecule has 0 aromatic carbocycles. The van der Waals surface area contributed by atoms with Crippen molar-refractivity contribution in [2.75, 3.05) is 36.0 Å². The Morgan fingerprint density at radius 1 is 1.05 bits per heavy atom. The van der Waals surface area contributed by atoms with E-state index in [0.717, 1.165) is 48.9 Å². The van der Waals surface area contributed by atoms with Gasteiger partial charge in [0.15, 0.2) is 0 Å². The summed E-state index contributed by atoms with van der Waals surface area (Å²) in [5.41, 5.74) is 3.17. The minimum atomic E-state index is -0.0653. The van der Waals surface area contributed by atoms with Crippen LogP contribution in [-0.2, 0) is 0 Å². The zero-order chi connectivity index (χ0) is 14.8. The van der Waals surface area contributed by atoms with E-state index in [-0.39, 0.29) is 5.56 Å². The van der Waals surface area contributed by atoms with Gasteiger partial charge >= 0.3 is 0 Å². The molecule has 6 heteroatoms. The molecule has 1 aliphatic rings. The number of anilines is 2. The third-order valence-electron chi connectivity index (χ3n) is 4.02. The minimum Gasteiger partial charge on any atom is -0.367 e. The molecule has 3 heterocycles. The van der Waals surface area contributed by atoms with Crippen molar-refractivity contribution in [1.82, 2.24) is 15.0 Å². The minimum absolute atomic E-state index is 0.0653. The largest absolute Gasteiger partial charge is 0.367 e. The van der Waals surface area contributed by atoms with Crippen LogP contribution in [0.25, 0.3) is 0 Å². The number of nitrogens with one attached hydrogen (secondary N) is 1. The van der Waals surface area contributed by atoms with E-state index >= 15 is 0 Å². The zero-order valence-corrected chi connectivity index (χ0v) is 12.3. The van der Waals surface area contributed by atoms with E-state index in [2.05, 4.69) is 31.7 Å². The van der Waals surface area contributed by atoms with Crippen LogP contribution in [0.3, 0.4) is 0 Å². The second-order valence-corrected chi connectivity index (χ2v) is 5.29. The Bertz CT molecular complexity index is 668. The lowest BCUT2D eigenvalue weighted by molar-refractivity contribution is 0.643. The van der Waals surface area contributed by atoms with Gasteiger partial charge in [-0.05, 0) is 19.9 Å². The molecular formula is C15H19N5O. The molecule has 1 aliphatic heterocycles. The maximum atomic E-state index is 11.1. The monoisotopic (exact) mass is 285 g/mol. The molecule has 110 valence electrons. The van der Waals surface area contributed by atoms with E-state index < -0.39 is 0 Å². The van der Waals surface area contributed by atoms with Gasteiger partial charge in [0.05, 0.1) is 5.69 Å². The van der Waals surface area contributed by atoms with Crippen molar-refractivity contribution in [2.45, 2.75) is 13.8 Å². The highest BCUT2D eigenvalue weighted by molar-refractivity contribution is 5.51. The Morgan fingerprint density at radius 3 is 2.43 bits per heavy atom. The van der Waals surface area contributed by atoms with Gasteiger partial charge in [-0.15, -0.1) is 0 Å². The summed E-state index contributed by atoms with van der Waals surface area (Å²) in [6.45, 7) is 7.73. The van der Waals surface area contributed by atoms with Crippen LogP contribution < -0.4 is 15.4 Å². The van der Waals surface area contributed by atoms with Gasteiger partial charge in [0.1, 0.15) is 12.1 Å². The van der Waals surface area contributed by atoms with Gasteiger partial charge in [0, 0.05) is 49.7 Å². The van der Waals surface area contributed by atoms with Gasteiger partial charge in [-0.2, -0.15) is 0 Å². The predicted octanol–water partition coefficient (Wildman–Crippen LogP) is 1.11. The molecule has 3 rings (SSSR count). The maximum Gasteiger partial charge on any atom is 0.248 e. The molecule has 0 saturated carbocycles. The molecule has 0 amide bonds. The number of piperazine rings is 1. The molecule has 1 fully saturated rings. The summed E-state index contributed by atoms with van der Waals surface area (Å²) in [4.78, 5) is 27.1. The van der Waals surface area contributed by atoms with E-state index in [1.807, 2.05) is 13.0 Å².